The van der Waals surface area contributed by atoms with E-state index in [9.17, 15) is 4.79 Å². The van der Waals surface area contributed by atoms with Gasteiger partial charge in [0, 0.05) is 24.5 Å². The molecule has 2 aromatic rings. The molecule has 0 unspecified atom stereocenters. The molecule has 0 radical (unpaired) electrons. The lowest BCUT2D eigenvalue weighted by molar-refractivity contribution is -0.120. The average Bonchev–Trinajstić information content (AvgIpc) is 2.67. The monoisotopic (exact) mass is 373 g/mol. The summed E-state index contributed by atoms with van der Waals surface area (Å²) < 4.78 is 10.5. The van der Waals surface area contributed by atoms with Crippen LogP contribution in [0, 0.1) is 6.92 Å². The van der Waals surface area contributed by atoms with Crippen molar-refractivity contribution in [2.24, 2.45) is 0 Å². The van der Waals surface area contributed by atoms with Crippen LogP contribution in [0.4, 0.5) is 0 Å². The van der Waals surface area contributed by atoms with Crippen molar-refractivity contribution < 1.29 is 14.3 Å². The van der Waals surface area contributed by atoms with Gasteiger partial charge in [-0.15, -0.1) is 0 Å². The molecular weight excluding hydrogens is 346 g/mol. The normalized spacial score (nSPS) is 10.4. The highest BCUT2D eigenvalue weighted by molar-refractivity contribution is 7.98. The molecule has 0 spiro atoms. The largest absolute Gasteiger partial charge is 0.493 e. The van der Waals surface area contributed by atoms with Crippen LogP contribution < -0.4 is 14.8 Å². The predicted molar refractivity (Wildman–Crippen MR) is 108 cm³/mol. The number of thioether (sulfide) groups is 1. The van der Waals surface area contributed by atoms with Crippen molar-refractivity contribution in [3.63, 3.8) is 0 Å². The molecule has 5 heteroatoms. The number of amides is 1. The zero-order chi connectivity index (χ0) is 18.8. The molecule has 0 fully saturated rings. The van der Waals surface area contributed by atoms with Gasteiger partial charge in [-0.3, -0.25) is 4.79 Å². The molecule has 1 amide bonds. The molecule has 0 saturated carbocycles. The van der Waals surface area contributed by atoms with Gasteiger partial charge in [-0.25, -0.2) is 0 Å². The van der Waals surface area contributed by atoms with Crippen molar-refractivity contribution in [2.75, 3.05) is 26.5 Å². The Bertz CT molecular complexity index is 718. The summed E-state index contributed by atoms with van der Waals surface area (Å²) in [7, 11) is 3.23. The van der Waals surface area contributed by atoms with Crippen LogP contribution in [0.2, 0.25) is 0 Å². The van der Waals surface area contributed by atoms with Crippen LogP contribution >= 0.6 is 11.8 Å². The second-order valence-corrected chi connectivity index (χ2v) is 7.12. The molecule has 0 aliphatic rings. The summed E-state index contributed by atoms with van der Waals surface area (Å²) >= 11 is 1.84. The van der Waals surface area contributed by atoms with Gasteiger partial charge in [0.05, 0.1) is 14.2 Å². The third-order valence-corrected chi connectivity index (χ3v) is 5.18. The molecule has 0 aromatic heterocycles. The van der Waals surface area contributed by atoms with E-state index >= 15 is 0 Å². The summed E-state index contributed by atoms with van der Waals surface area (Å²) in [5, 5.41) is 2.99. The zero-order valence-corrected chi connectivity index (χ0v) is 16.5. The van der Waals surface area contributed by atoms with E-state index in [1.807, 2.05) is 30.0 Å². The summed E-state index contributed by atoms with van der Waals surface area (Å²) in [4.78, 5) is 12.0. The Morgan fingerprint density at radius 2 is 1.85 bits per heavy atom. The summed E-state index contributed by atoms with van der Waals surface area (Å²) in [5.41, 5.74) is 3.74. The van der Waals surface area contributed by atoms with Crippen molar-refractivity contribution >= 4 is 17.7 Å². The van der Waals surface area contributed by atoms with Crippen LogP contribution in [0.1, 0.15) is 23.1 Å². The fraction of sp³-hybridized carbons (Fsp3) is 0.381. The van der Waals surface area contributed by atoms with Crippen LogP contribution in [0.3, 0.4) is 0 Å². The zero-order valence-electron chi connectivity index (χ0n) is 15.7. The fourth-order valence-corrected chi connectivity index (χ4v) is 3.53. The van der Waals surface area contributed by atoms with Crippen LogP contribution in [0.15, 0.2) is 42.5 Å². The van der Waals surface area contributed by atoms with Gasteiger partial charge in [-0.1, -0.05) is 30.3 Å². The first-order valence-corrected chi connectivity index (χ1v) is 9.89. The number of hydrogen-bond donors (Lipinski definition) is 1. The van der Waals surface area contributed by atoms with Gasteiger partial charge in [-0.05, 0) is 42.2 Å². The minimum absolute atomic E-state index is 0.0799. The highest BCUT2D eigenvalue weighted by atomic mass is 32.2. The average molecular weight is 374 g/mol. The van der Waals surface area contributed by atoms with E-state index in [4.69, 9.17) is 9.47 Å². The molecule has 2 aromatic carbocycles. The first kappa shape index (κ1) is 20.2. The molecular formula is C21H27NO3S. The molecule has 0 atom stereocenters. The van der Waals surface area contributed by atoms with E-state index in [-0.39, 0.29) is 5.91 Å². The maximum Gasteiger partial charge on any atom is 0.220 e. The first-order chi connectivity index (χ1) is 12.6. The number of rotatable bonds is 10. The molecule has 2 rings (SSSR count). The molecule has 26 heavy (non-hydrogen) atoms. The highest BCUT2D eigenvalue weighted by Crippen LogP contribution is 2.27. The van der Waals surface area contributed by atoms with Gasteiger partial charge < -0.3 is 14.8 Å². The van der Waals surface area contributed by atoms with Gasteiger partial charge in [0.15, 0.2) is 11.5 Å². The standard InChI is InChI=1S/C21H27NO3S/c1-16-6-4-5-7-18(16)15-26-13-12-22-21(23)11-9-17-8-10-19(24-2)20(14-17)25-3/h4-8,10,14H,9,11-13,15H2,1-3H3,(H,22,23). The number of aryl methyl sites for hydroxylation is 2. The Balaban J connectivity index is 1.65. The van der Waals surface area contributed by atoms with Crippen molar-refractivity contribution in [1.29, 1.82) is 0 Å². The lowest BCUT2D eigenvalue weighted by Crippen LogP contribution is -2.25. The maximum atomic E-state index is 12.0. The molecule has 0 heterocycles. The molecule has 0 aliphatic carbocycles. The van der Waals surface area contributed by atoms with Crippen LogP contribution in [0.5, 0.6) is 11.5 Å². The molecule has 140 valence electrons. The highest BCUT2D eigenvalue weighted by Gasteiger charge is 2.07. The molecule has 0 bridgehead atoms. The molecule has 1 N–H and O–H groups in total. The third kappa shape index (κ3) is 6.30. The van der Waals surface area contributed by atoms with E-state index in [0.29, 0.717) is 30.9 Å². The minimum Gasteiger partial charge on any atom is -0.493 e. The summed E-state index contributed by atoms with van der Waals surface area (Å²) in [6, 6.07) is 14.2. The van der Waals surface area contributed by atoms with Crippen molar-refractivity contribution in [2.45, 2.75) is 25.5 Å². The van der Waals surface area contributed by atoms with Crippen molar-refractivity contribution in [1.82, 2.24) is 5.32 Å². The van der Waals surface area contributed by atoms with E-state index in [1.165, 1.54) is 11.1 Å². The van der Waals surface area contributed by atoms with Gasteiger partial charge in [0.2, 0.25) is 5.91 Å². The van der Waals surface area contributed by atoms with Crippen LogP contribution in [0.25, 0.3) is 0 Å². The molecule has 0 saturated heterocycles. The Morgan fingerprint density at radius 3 is 2.58 bits per heavy atom. The molecule has 0 aliphatic heterocycles. The van der Waals surface area contributed by atoms with Crippen molar-refractivity contribution in [3.8, 4) is 11.5 Å². The predicted octanol–water partition coefficient (Wildman–Crippen LogP) is 3.99. The van der Waals surface area contributed by atoms with Crippen LogP contribution in [-0.4, -0.2) is 32.4 Å². The quantitative estimate of drug-likeness (QED) is 0.640. The molecule has 4 nitrogen and oxygen atoms in total. The Labute approximate surface area is 160 Å². The minimum atomic E-state index is 0.0799. The number of carbonyl (C=O) groups excluding carboxylic acids is 1. The summed E-state index contributed by atoms with van der Waals surface area (Å²) in [6.07, 6.45) is 1.15. The smallest absolute Gasteiger partial charge is 0.220 e. The summed E-state index contributed by atoms with van der Waals surface area (Å²) in [6.45, 7) is 2.83. The SMILES string of the molecule is COc1ccc(CCC(=O)NCCSCc2ccccc2C)cc1OC. The van der Waals surface area contributed by atoms with E-state index in [2.05, 4.69) is 36.5 Å². The third-order valence-electron chi connectivity index (χ3n) is 4.18. The number of benzene rings is 2. The van der Waals surface area contributed by atoms with E-state index in [1.54, 1.807) is 14.2 Å². The van der Waals surface area contributed by atoms with Gasteiger partial charge >= 0.3 is 0 Å². The van der Waals surface area contributed by atoms with Gasteiger partial charge in [-0.2, -0.15) is 11.8 Å². The number of carbonyl (C=O) groups is 1. The first-order valence-electron chi connectivity index (χ1n) is 8.74. The maximum absolute atomic E-state index is 12.0. The van der Waals surface area contributed by atoms with E-state index < -0.39 is 0 Å². The Kier molecular flexibility index (Phi) is 8.35. The fourth-order valence-electron chi connectivity index (χ4n) is 2.60. The van der Waals surface area contributed by atoms with Crippen LogP contribution in [-0.2, 0) is 17.0 Å². The summed E-state index contributed by atoms with van der Waals surface area (Å²) in [5.74, 6) is 3.37. The number of ether oxygens (including phenoxy) is 2. The van der Waals surface area contributed by atoms with Crippen molar-refractivity contribution in [3.05, 3.63) is 59.2 Å². The van der Waals surface area contributed by atoms with Gasteiger partial charge in [0.1, 0.15) is 0 Å². The topological polar surface area (TPSA) is 47.6 Å². The number of hydrogen-bond acceptors (Lipinski definition) is 4. The van der Waals surface area contributed by atoms with E-state index in [0.717, 1.165) is 17.1 Å². The van der Waals surface area contributed by atoms with Gasteiger partial charge in [0.25, 0.3) is 0 Å². The number of nitrogens with one attached hydrogen (secondary N) is 1. The second-order valence-electron chi connectivity index (χ2n) is 6.02. The second kappa shape index (κ2) is 10.8. The lowest BCUT2D eigenvalue weighted by atomic mass is 10.1. The number of methoxy groups -OCH3 is 2. The Morgan fingerprint density at radius 1 is 1.08 bits per heavy atom. The lowest BCUT2D eigenvalue weighted by Gasteiger charge is -2.10. The Hall–Kier alpha value is -2.14.